The van der Waals surface area contributed by atoms with Gasteiger partial charge in [-0.05, 0) is 47.0 Å². The van der Waals surface area contributed by atoms with Crippen LogP contribution in [0.1, 0.15) is 11.1 Å². The number of ether oxygens (including phenoxy) is 1. The summed E-state index contributed by atoms with van der Waals surface area (Å²) in [5.74, 6) is 0.741. The van der Waals surface area contributed by atoms with E-state index in [0.29, 0.717) is 16.8 Å². The van der Waals surface area contributed by atoms with Crippen molar-refractivity contribution in [2.24, 2.45) is 0 Å². The number of nitrogens with zero attached hydrogens (tertiary/aromatic N) is 3. The Morgan fingerprint density at radius 2 is 1.62 bits per heavy atom. The van der Waals surface area contributed by atoms with Crippen molar-refractivity contribution in [3.05, 3.63) is 84.3 Å². The molecule has 2 aromatic heterocycles. The van der Waals surface area contributed by atoms with Crippen LogP contribution in [0.5, 0.6) is 5.75 Å². The van der Waals surface area contributed by atoms with Gasteiger partial charge in [0, 0.05) is 23.5 Å². The lowest BCUT2D eigenvalue weighted by atomic mass is 9.98. The number of hydrogen-bond donors (Lipinski definition) is 0. The number of hydrogen-bond acceptors (Lipinski definition) is 3. The molecule has 6 heteroatoms. The highest BCUT2D eigenvalue weighted by Crippen LogP contribution is 2.37. The average molecular weight is 391 g/mol. The SMILES string of the molecule is COc1ccccc1-c1ccncc1-c1ccnn1-c1cc(CF)cc(CF)c1. The molecule has 4 rings (SSSR count). The molecule has 0 fully saturated rings. The van der Waals surface area contributed by atoms with Gasteiger partial charge in [-0.25, -0.2) is 13.5 Å². The van der Waals surface area contributed by atoms with Crippen molar-refractivity contribution >= 4 is 0 Å². The van der Waals surface area contributed by atoms with Gasteiger partial charge in [-0.1, -0.05) is 24.3 Å². The van der Waals surface area contributed by atoms with Crippen LogP contribution < -0.4 is 4.74 Å². The molecule has 0 atom stereocenters. The number of alkyl halides is 2. The Kier molecular flexibility index (Phi) is 5.33. The first-order valence-corrected chi connectivity index (χ1v) is 9.12. The number of rotatable bonds is 6. The van der Waals surface area contributed by atoms with Gasteiger partial charge in [0.05, 0.1) is 24.7 Å². The van der Waals surface area contributed by atoms with E-state index in [0.717, 1.165) is 28.1 Å². The largest absolute Gasteiger partial charge is 0.496 e. The molecule has 0 aliphatic heterocycles. The smallest absolute Gasteiger partial charge is 0.126 e. The Hall–Kier alpha value is -3.54. The molecule has 0 saturated carbocycles. The maximum absolute atomic E-state index is 13.3. The second-order valence-corrected chi connectivity index (χ2v) is 6.52. The fourth-order valence-corrected chi connectivity index (χ4v) is 3.43. The lowest BCUT2D eigenvalue weighted by Crippen LogP contribution is -2.02. The third-order valence-corrected chi connectivity index (χ3v) is 4.73. The highest BCUT2D eigenvalue weighted by molar-refractivity contribution is 5.84. The van der Waals surface area contributed by atoms with Gasteiger partial charge in [0.15, 0.2) is 0 Å². The molecule has 0 unspecified atom stereocenters. The number of halogens is 2. The van der Waals surface area contributed by atoms with E-state index in [-0.39, 0.29) is 0 Å². The van der Waals surface area contributed by atoms with E-state index >= 15 is 0 Å². The summed E-state index contributed by atoms with van der Waals surface area (Å²) in [5.41, 5.74) is 4.86. The first-order chi connectivity index (χ1) is 14.2. The van der Waals surface area contributed by atoms with Crippen LogP contribution in [0.25, 0.3) is 28.1 Å². The quantitative estimate of drug-likeness (QED) is 0.433. The van der Waals surface area contributed by atoms with Crippen LogP contribution in [0.4, 0.5) is 8.78 Å². The fraction of sp³-hybridized carbons (Fsp3) is 0.130. The zero-order chi connectivity index (χ0) is 20.2. The van der Waals surface area contributed by atoms with Crippen LogP contribution in [0.2, 0.25) is 0 Å². The Morgan fingerprint density at radius 1 is 0.862 bits per heavy atom. The van der Waals surface area contributed by atoms with Crippen molar-refractivity contribution in [3.8, 4) is 33.8 Å². The number of pyridine rings is 1. The van der Waals surface area contributed by atoms with Gasteiger partial charge < -0.3 is 4.74 Å². The van der Waals surface area contributed by atoms with E-state index in [1.54, 1.807) is 42.5 Å². The van der Waals surface area contributed by atoms with Crippen molar-refractivity contribution < 1.29 is 13.5 Å². The number of aromatic nitrogens is 3. The van der Waals surface area contributed by atoms with Crippen LogP contribution >= 0.6 is 0 Å². The summed E-state index contributed by atoms with van der Waals surface area (Å²) in [4.78, 5) is 4.28. The molecular formula is C23H19F2N3O. The molecular weight excluding hydrogens is 372 g/mol. The highest BCUT2D eigenvalue weighted by Gasteiger charge is 2.16. The molecule has 4 aromatic rings. The highest BCUT2D eigenvalue weighted by atomic mass is 19.1. The third-order valence-electron chi connectivity index (χ3n) is 4.73. The van der Waals surface area contributed by atoms with Crippen LogP contribution in [-0.4, -0.2) is 21.9 Å². The molecule has 0 aliphatic rings. The molecule has 0 spiro atoms. The minimum atomic E-state index is -0.670. The van der Waals surface area contributed by atoms with Crippen molar-refractivity contribution in [3.63, 3.8) is 0 Å². The number of benzene rings is 2. The van der Waals surface area contributed by atoms with Gasteiger partial charge in [0.2, 0.25) is 0 Å². The third kappa shape index (κ3) is 3.61. The van der Waals surface area contributed by atoms with Gasteiger partial charge in [-0.3, -0.25) is 4.98 Å². The molecule has 0 saturated heterocycles. The maximum atomic E-state index is 13.3. The Labute approximate surface area is 167 Å². The van der Waals surface area contributed by atoms with Gasteiger partial charge in [0.25, 0.3) is 0 Å². The fourth-order valence-electron chi connectivity index (χ4n) is 3.43. The molecule has 2 heterocycles. The van der Waals surface area contributed by atoms with Crippen LogP contribution in [0.15, 0.2) is 73.2 Å². The molecule has 0 amide bonds. The summed E-state index contributed by atoms with van der Waals surface area (Å²) in [6.45, 7) is -1.34. The van der Waals surface area contributed by atoms with Crippen molar-refractivity contribution in [2.45, 2.75) is 13.3 Å². The lowest BCUT2D eigenvalue weighted by Gasteiger charge is -2.15. The minimum Gasteiger partial charge on any atom is -0.496 e. The van der Waals surface area contributed by atoms with Crippen molar-refractivity contribution in [1.82, 2.24) is 14.8 Å². The Morgan fingerprint density at radius 3 is 2.34 bits per heavy atom. The summed E-state index contributed by atoms with van der Waals surface area (Å²) < 4.78 is 33.8. The molecule has 0 aliphatic carbocycles. The summed E-state index contributed by atoms with van der Waals surface area (Å²) >= 11 is 0. The molecule has 0 bridgehead atoms. The van der Waals surface area contributed by atoms with E-state index in [1.165, 1.54) is 6.07 Å². The zero-order valence-corrected chi connectivity index (χ0v) is 15.8. The Balaban J connectivity index is 1.89. The normalized spacial score (nSPS) is 10.9. The predicted octanol–water partition coefficient (Wildman–Crippen LogP) is 5.55. The standard InChI is InChI=1S/C23H19F2N3O/c1-29-23-5-3-2-4-20(23)19-6-8-26-15-21(19)22-7-9-27-28(22)18-11-16(13-24)10-17(12-18)14-25/h2-12,15H,13-14H2,1H3. The number of para-hydroxylation sites is 1. The minimum absolute atomic E-state index is 0.410. The molecule has 29 heavy (non-hydrogen) atoms. The van der Waals surface area contributed by atoms with E-state index in [1.807, 2.05) is 36.4 Å². The monoisotopic (exact) mass is 391 g/mol. The van der Waals surface area contributed by atoms with Crippen molar-refractivity contribution in [2.75, 3.05) is 7.11 Å². The van der Waals surface area contributed by atoms with E-state index in [9.17, 15) is 8.78 Å². The van der Waals surface area contributed by atoms with Gasteiger partial charge in [-0.15, -0.1) is 0 Å². The van der Waals surface area contributed by atoms with Crippen LogP contribution in [0.3, 0.4) is 0 Å². The lowest BCUT2D eigenvalue weighted by molar-refractivity contribution is 0.416. The van der Waals surface area contributed by atoms with E-state index in [4.69, 9.17) is 4.74 Å². The first-order valence-electron chi connectivity index (χ1n) is 9.12. The molecule has 0 radical (unpaired) electrons. The summed E-state index contributed by atoms with van der Waals surface area (Å²) in [6, 6.07) is 16.4. The van der Waals surface area contributed by atoms with E-state index < -0.39 is 13.3 Å². The maximum Gasteiger partial charge on any atom is 0.126 e. The molecule has 2 aromatic carbocycles. The molecule has 146 valence electrons. The zero-order valence-electron chi connectivity index (χ0n) is 15.8. The number of methoxy groups -OCH3 is 1. The topological polar surface area (TPSA) is 39.9 Å². The van der Waals surface area contributed by atoms with Gasteiger partial charge in [-0.2, -0.15) is 5.10 Å². The molecule has 0 N–H and O–H groups in total. The second kappa shape index (κ2) is 8.22. The van der Waals surface area contributed by atoms with Crippen LogP contribution in [-0.2, 0) is 13.3 Å². The first kappa shape index (κ1) is 18.8. The second-order valence-electron chi connectivity index (χ2n) is 6.52. The predicted molar refractivity (Wildman–Crippen MR) is 108 cm³/mol. The van der Waals surface area contributed by atoms with Crippen LogP contribution in [0, 0.1) is 0 Å². The van der Waals surface area contributed by atoms with Crippen molar-refractivity contribution in [1.29, 1.82) is 0 Å². The summed E-state index contributed by atoms with van der Waals surface area (Å²) in [6.07, 6.45) is 5.13. The molecule has 4 nitrogen and oxygen atoms in total. The van der Waals surface area contributed by atoms with Gasteiger partial charge in [0.1, 0.15) is 19.1 Å². The van der Waals surface area contributed by atoms with E-state index in [2.05, 4.69) is 10.1 Å². The summed E-state index contributed by atoms with van der Waals surface area (Å²) in [5, 5.41) is 4.40. The average Bonchev–Trinajstić information content (AvgIpc) is 3.28. The summed E-state index contributed by atoms with van der Waals surface area (Å²) in [7, 11) is 1.63. The van der Waals surface area contributed by atoms with Gasteiger partial charge >= 0.3 is 0 Å². The Bertz CT molecular complexity index is 1120.